The van der Waals surface area contributed by atoms with Gasteiger partial charge in [-0.3, -0.25) is 4.98 Å². The van der Waals surface area contributed by atoms with Gasteiger partial charge < -0.3 is 10.1 Å². The van der Waals surface area contributed by atoms with Crippen molar-refractivity contribution in [2.24, 2.45) is 0 Å². The smallest absolute Gasteiger partial charge is 0.212 e. The van der Waals surface area contributed by atoms with Gasteiger partial charge in [0.05, 0.1) is 19.0 Å². The van der Waals surface area contributed by atoms with Crippen LogP contribution in [0.25, 0.3) is 11.1 Å². The van der Waals surface area contributed by atoms with Gasteiger partial charge in [-0.05, 0) is 36.4 Å². The Hall–Kier alpha value is -2.59. The van der Waals surface area contributed by atoms with Gasteiger partial charge in [-0.15, -0.1) is 0 Å². The fourth-order valence-electron chi connectivity index (χ4n) is 2.04. The van der Waals surface area contributed by atoms with Crippen LogP contribution in [0.5, 0.6) is 5.88 Å². The maximum absolute atomic E-state index is 5.89. The van der Waals surface area contributed by atoms with E-state index in [9.17, 15) is 0 Å². The van der Waals surface area contributed by atoms with Crippen molar-refractivity contribution >= 4 is 23.0 Å². The maximum Gasteiger partial charge on any atom is 0.212 e. The molecule has 0 atom stereocenters. The standard InChI is InChI=1S/C17H14ClN3O/c1-22-17-7-2-12(10-20-17)13-8-16(11-19-9-13)21-15-5-3-14(18)4-6-15/h2-11,21H,1H3. The van der Waals surface area contributed by atoms with E-state index < -0.39 is 0 Å². The molecular weight excluding hydrogens is 298 g/mol. The first-order valence-electron chi connectivity index (χ1n) is 6.72. The van der Waals surface area contributed by atoms with Crippen LogP contribution in [-0.2, 0) is 0 Å². The van der Waals surface area contributed by atoms with E-state index in [2.05, 4.69) is 15.3 Å². The Bertz CT molecular complexity index is 758. The monoisotopic (exact) mass is 311 g/mol. The Morgan fingerprint density at radius 3 is 2.41 bits per heavy atom. The van der Waals surface area contributed by atoms with Gasteiger partial charge in [0.15, 0.2) is 0 Å². The van der Waals surface area contributed by atoms with Crippen LogP contribution >= 0.6 is 11.6 Å². The highest BCUT2D eigenvalue weighted by atomic mass is 35.5. The molecule has 0 radical (unpaired) electrons. The molecule has 0 saturated carbocycles. The van der Waals surface area contributed by atoms with Crippen molar-refractivity contribution < 1.29 is 4.74 Å². The molecule has 22 heavy (non-hydrogen) atoms. The summed E-state index contributed by atoms with van der Waals surface area (Å²) in [5, 5.41) is 4.01. The van der Waals surface area contributed by atoms with Crippen LogP contribution in [0.4, 0.5) is 11.4 Å². The van der Waals surface area contributed by atoms with Gasteiger partial charge in [-0.2, -0.15) is 0 Å². The second-order valence-corrected chi connectivity index (χ2v) is 5.12. The highest BCUT2D eigenvalue weighted by Gasteiger charge is 2.02. The number of hydrogen-bond acceptors (Lipinski definition) is 4. The lowest BCUT2D eigenvalue weighted by atomic mass is 10.1. The van der Waals surface area contributed by atoms with E-state index >= 15 is 0 Å². The molecule has 110 valence electrons. The zero-order valence-electron chi connectivity index (χ0n) is 12.0. The fourth-order valence-corrected chi connectivity index (χ4v) is 2.16. The molecular formula is C17H14ClN3O. The van der Waals surface area contributed by atoms with Crippen molar-refractivity contribution in [3.05, 3.63) is 66.1 Å². The molecule has 0 bridgehead atoms. The highest BCUT2D eigenvalue weighted by molar-refractivity contribution is 6.30. The largest absolute Gasteiger partial charge is 0.481 e. The molecule has 0 aliphatic rings. The van der Waals surface area contributed by atoms with Crippen molar-refractivity contribution in [2.75, 3.05) is 12.4 Å². The third-order valence-corrected chi connectivity index (χ3v) is 3.40. The summed E-state index contributed by atoms with van der Waals surface area (Å²) in [5.74, 6) is 0.590. The SMILES string of the molecule is COc1ccc(-c2cncc(Nc3ccc(Cl)cc3)c2)cn1. The Morgan fingerprint density at radius 2 is 1.73 bits per heavy atom. The number of halogens is 1. The van der Waals surface area contributed by atoms with Crippen molar-refractivity contribution in [2.45, 2.75) is 0 Å². The molecule has 5 heteroatoms. The van der Waals surface area contributed by atoms with Gasteiger partial charge in [0.25, 0.3) is 0 Å². The molecule has 0 saturated heterocycles. The number of nitrogens with zero attached hydrogens (tertiary/aromatic N) is 2. The summed E-state index contributed by atoms with van der Waals surface area (Å²) in [4.78, 5) is 8.48. The second kappa shape index (κ2) is 6.45. The number of aromatic nitrogens is 2. The van der Waals surface area contributed by atoms with Gasteiger partial charge in [0.1, 0.15) is 0 Å². The first kappa shape index (κ1) is 14.4. The number of benzene rings is 1. The van der Waals surface area contributed by atoms with E-state index in [4.69, 9.17) is 16.3 Å². The quantitative estimate of drug-likeness (QED) is 0.768. The van der Waals surface area contributed by atoms with Gasteiger partial charge in [-0.25, -0.2) is 4.98 Å². The van der Waals surface area contributed by atoms with Gasteiger partial charge in [-0.1, -0.05) is 11.6 Å². The maximum atomic E-state index is 5.89. The third kappa shape index (κ3) is 3.35. The number of anilines is 2. The van der Waals surface area contributed by atoms with Crippen molar-refractivity contribution in [3.63, 3.8) is 0 Å². The average Bonchev–Trinajstić information content (AvgIpc) is 2.57. The summed E-state index contributed by atoms with van der Waals surface area (Å²) in [5.41, 5.74) is 3.81. The molecule has 0 aliphatic heterocycles. The van der Waals surface area contributed by atoms with Crippen molar-refractivity contribution in [3.8, 4) is 17.0 Å². The molecule has 4 nitrogen and oxygen atoms in total. The minimum absolute atomic E-state index is 0.590. The zero-order chi connectivity index (χ0) is 15.4. The van der Waals surface area contributed by atoms with Gasteiger partial charge >= 0.3 is 0 Å². The van der Waals surface area contributed by atoms with Gasteiger partial charge in [0.2, 0.25) is 5.88 Å². The molecule has 0 spiro atoms. The van der Waals surface area contributed by atoms with Crippen LogP contribution in [0, 0.1) is 0 Å². The van der Waals surface area contributed by atoms with Crippen LogP contribution in [-0.4, -0.2) is 17.1 Å². The summed E-state index contributed by atoms with van der Waals surface area (Å²) in [6.07, 6.45) is 5.34. The van der Waals surface area contributed by atoms with E-state index in [0.717, 1.165) is 22.5 Å². The summed E-state index contributed by atoms with van der Waals surface area (Å²) in [6, 6.07) is 13.3. The lowest BCUT2D eigenvalue weighted by Crippen LogP contribution is -1.92. The Kier molecular flexibility index (Phi) is 4.21. The number of hydrogen-bond donors (Lipinski definition) is 1. The second-order valence-electron chi connectivity index (χ2n) is 4.68. The molecule has 1 N–H and O–H groups in total. The lowest BCUT2D eigenvalue weighted by molar-refractivity contribution is 0.398. The fraction of sp³-hybridized carbons (Fsp3) is 0.0588. The molecule has 3 rings (SSSR count). The van der Waals surface area contributed by atoms with E-state index in [1.807, 2.05) is 42.5 Å². The Labute approximate surface area is 133 Å². The number of rotatable bonds is 4. The molecule has 0 fully saturated rings. The lowest BCUT2D eigenvalue weighted by Gasteiger charge is -2.08. The first-order chi connectivity index (χ1) is 10.7. The zero-order valence-corrected chi connectivity index (χ0v) is 12.7. The highest BCUT2D eigenvalue weighted by Crippen LogP contribution is 2.24. The predicted molar refractivity (Wildman–Crippen MR) is 88.8 cm³/mol. The normalized spacial score (nSPS) is 10.3. The first-order valence-corrected chi connectivity index (χ1v) is 7.10. The summed E-state index contributed by atoms with van der Waals surface area (Å²) in [6.45, 7) is 0. The van der Waals surface area contributed by atoms with Gasteiger partial charge in [0, 0.05) is 40.3 Å². The summed E-state index contributed by atoms with van der Waals surface area (Å²) < 4.78 is 5.07. The van der Waals surface area contributed by atoms with E-state index in [1.165, 1.54) is 0 Å². The number of nitrogens with one attached hydrogen (secondary N) is 1. The van der Waals surface area contributed by atoms with Crippen LogP contribution in [0.2, 0.25) is 5.02 Å². The molecule has 0 unspecified atom stereocenters. The Balaban J connectivity index is 1.83. The minimum Gasteiger partial charge on any atom is -0.481 e. The Morgan fingerprint density at radius 1 is 0.909 bits per heavy atom. The van der Waals surface area contributed by atoms with E-state index in [-0.39, 0.29) is 0 Å². The number of pyridine rings is 2. The van der Waals surface area contributed by atoms with Crippen molar-refractivity contribution in [1.29, 1.82) is 0 Å². The van der Waals surface area contributed by atoms with Crippen LogP contribution in [0.15, 0.2) is 61.1 Å². The molecule has 3 aromatic rings. The predicted octanol–water partition coefficient (Wildman–Crippen LogP) is 4.55. The summed E-state index contributed by atoms with van der Waals surface area (Å²) in [7, 11) is 1.60. The number of ether oxygens (including phenoxy) is 1. The van der Waals surface area contributed by atoms with Crippen molar-refractivity contribution in [1.82, 2.24) is 9.97 Å². The average molecular weight is 312 g/mol. The molecule has 2 heterocycles. The van der Waals surface area contributed by atoms with E-state index in [1.54, 1.807) is 25.7 Å². The minimum atomic E-state index is 0.590. The molecule has 1 aromatic carbocycles. The topological polar surface area (TPSA) is 47.0 Å². The summed E-state index contributed by atoms with van der Waals surface area (Å²) >= 11 is 5.89. The van der Waals surface area contributed by atoms with Crippen LogP contribution in [0.1, 0.15) is 0 Å². The van der Waals surface area contributed by atoms with Crippen LogP contribution in [0.3, 0.4) is 0 Å². The van der Waals surface area contributed by atoms with Crippen LogP contribution < -0.4 is 10.1 Å². The molecule has 0 aliphatic carbocycles. The molecule has 2 aromatic heterocycles. The molecule has 0 amide bonds. The third-order valence-electron chi connectivity index (χ3n) is 3.15. The number of methoxy groups -OCH3 is 1. The van der Waals surface area contributed by atoms with E-state index in [0.29, 0.717) is 10.9 Å².